The second-order valence-electron chi connectivity index (χ2n) is 7.81. The monoisotopic (exact) mass is 397 g/mol. The zero-order chi connectivity index (χ0) is 20.1. The molecule has 3 N–H and O–H groups in total. The highest BCUT2D eigenvalue weighted by molar-refractivity contribution is 5.78. The van der Waals surface area contributed by atoms with Crippen LogP contribution in [0.1, 0.15) is 43.2 Å². The standard InChI is InChI=1S/C20H30F3N5/c1-27-9-11-28(12-10-27)18-8-7-16(20(21,22)23)13-15(18)14-25-19(24)26-17-5-3-2-4-6-17/h7-8,13,17H,2-6,9-12,14H2,1H3,(H3,24,25,26). The summed E-state index contributed by atoms with van der Waals surface area (Å²) in [5.41, 5.74) is 6.75. The molecule has 1 aliphatic carbocycles. The molecule has 1 heterocycles. The van der Waals surface area contributed by atoms with Crippen molar-refractivity contribution in [3.05, 3.63) is 29.3 Å². The topological polar surface area (TPSA) is 56.9 Å². The lowest BCUT2D eigenvalue weighted by molar-refractivity contribution is -0.137. The molecule has 1 aromatic carbocycles. The smallest absolute Gasteiger partial charge is 0.370 e. The molecule has 0 aromatic heterocycles. The van der Waals surface area contributed by atoms with Crippen LogP contribution in [0.3, 0.4) is 0 Å². The lowest BCUT2D eigenvalue weighted by Crippen LogP contribution is -2.44. The van der Waals surface area contributed by atoms with Gasteiger partial charge in [0.2, 0.25) is 0 Å². The van der Waals surface area contributed by atoms with Crippen LogP contribution < -0.4 is 16.0 Å². The summed E-state index contributed by atoms with van der Waals surface area (Å²) >= 11 is 0. The van der Waals surface area contributed by atoms with E-state index in [1.165, 1.54) is 25.3 Å². The van der Waals surface area contributed by atoms with Crippen LogP contribution in [0.2, 0.25) is 0 Å². The minimum absolute atomic E-state index is 0.136. The van der Waals surface area contributed by atoms with E-state index in [1.54, 1.807) is 6.07 Å². The maximum absolute atomic E-state index is 13.2. The average Bonchev–Trinajstić information content (AvgIpc) is 2.67. The largest absolute Gasteiger partial charge is 0.416 e. The van der Waals surface area contributed by atoms with Gasteiger partial charge in [0.1, 0.15) is 0 Å². The van der Waals surface area contributed by atoms with Crippen LogP contribution in [0.15, 0.2) is 23.2 Å². The Morgan fingerprint density at radius 1 is 1.14 bits per heavy atom. The third kappa shape index (κ3) is 5.53. The Morgan fingerprint density at radius 2 is 1.82 bits per heavy atom. The molecular weight excluding hydrogens is 367 g/mol. The van der Waals surface area contributed by atoms with Gasteiger partial charge in [-0.1, -0.05) is 19.3 Å². The Bertz CT molecular complexity index is 675. The number of likely N-dealkylation sites (N-methyl/N-ethyl adjacent to an activating group) is 1. The summed E-state index contributed by atoms with van der Waals surface area (Å²) in [7, 11) is 2.05. The fourth-order valence-corrected chi connectivity index (χ4v) is 3.92. The van der Waals surface area contributed by atoms with Crippen LogP contribution in [0.25, 0.3) is 0 Å². The predicted molar refractivity (Wildman–Crippen MR) is 106 cm³/mol. The Hall–Kier alpha value is -1.96. The molecule has 0 amide bonds. The van der Waals surface area contributed by atoms with Crippen LogP contribution in [0.5, 0.6) is 0 Å². The zero-order valence-corrected chi connectivity index (χ0v) is 16.4. The molecule has 1 saturated carbocycles. The van der Waals surface area contributed by atoms with Crippen LogP contribution in [-0.4, -0.2) is 50.1 Å². The normalized spacial score (nSPS) is 20.4. The number of nitrogens with two attached hydrogens (primary N) is 1. The van der Waals surface area contributed by atoms with E-state index < -0.39 is 11.7 Å². The summed E-state index contributed by atoms with van der Waals surface area (Å²) in [6.07, 6.45) is 1.34. The van der Waals surface area contributed by atoms with Crippen molar-refractivity contribution in [3.8, 4) is 0 Å². The van der Waals surface area contributed by atoms with E-state index in [0.29, 0.717) is 17.6 Å². The molecule has 28 heavy (non-hydrogen) atoms. The minimum atomic E-state index is -4.37. The molecule has 156 valence electrons. The molecule has 0 unspecified atom stereocenters. The predicted octanol–water partition coefficient (Wildman–Crippen LogP) is 3.19. The quantitative estimate of drug-likeness (QED) is 0.605. The van der Waals surface area contributed by atoms with Crippen LogP contribution in [-0.2, 0) is 12.7 Å². The minimum Gasteiger partial charge on any atom is -0.370 e. The van der Waals surface area contributed by atoms with Gasteiger partial charge >= 0.3 is 6.18 Å². The number of anilines is 1. The molecule has 3 rings (SSSR count). The van der Waals surface area contributed by atoms with Gasteiger partial charge < -0.3 is 20.9 Å². The number of aliphatic imine (C=N–C) groups is 1. The summed E-state index contributed by atoms with van der Waals surface area (Å²) in [4.78, 5) is 8.71. The molecule has 2 aliphatic rings. The van der Waals surface area contributed by atoms with Gasteiger partial charge in [-0.2, -0.15) is 13.2 Å². The number of halogens is 3. The van der Waals surface area contributed by atoms with Gasteiger partial charge in [-0.3, -0.25) is 0 Å². The molecular formula is C20H30F3N5. The van der Waals surface area contributed by atoms with Crippen molar-refractivity contribution in [1.29, 1.82) is 0 Å². The number of nitrogens with one attached hydrogen (secondary N) is 1. The van der Waals surface area contributed by atoms with Crippen LogP contribution >= 0.6 is 0 Å². The van der Waals surface area contributed by atoms with Gasteiger partial charge in [0.05, 0.1) is 12.1 Å². The molecule has 1 saturated heterocycles. The van der Waals surface area contributed by atoms with Crippen molar-refractivity contribution in [2.75, 3.05) is 38.1 Å². The summed E-state index contributed by atoms with van der Waals surface area (Å²) in [5.74, 6) is 0.314. The van der Waals surface area contributed by atoms with Gasteiger partial charge in [0.25, 0.3) is 0 Å². The second-order valence-corrected chi connectivity index (χ2v) is 7.81. The Morgan fingerprint density at radius 3 is 2.46 bits per heavy atom. The van der Waals surface area contributed by atoms with Crippen LogP contribution in [0.4, 0.5) is 18.9 Å². The maximum atomic E-state index is 13.2. The Kier molecular flexibility index (Phi) is 6.69. The van der Waals surface area contributed by atoms with E-state index in [-0.39, 0.29) is 6.54 Å². The van der Waals surface area contributed by atoms with E-state index in [2.05, 4.69) is 20.1 Å². The molecule has 0 atom stereocenters. The second kappa shape index (κ2) is 9.03. The number of piperazine rings is 1. The molecule has 5 nitrogen and oxygen atoms in total. The SMILES string of the molecule is CN1CCN(c2ccc(C(F)(F)F)cc2CN=C(N)NC2CCCCC2)CC1. The van der Waals surface area contributed by atoms with Crippen molar-refractivity contribution in [2.45, 2.75) is 50.9 Å². The van der Waals surface area contributed by atoms with Crippen molar-refractivity contribution in [2.24, 2.45) is 10.7 Å². The average molecular weight is 397 g/mol. The van der Waals surface area contributed by atoms with Crippen LogP contribution in [0, 0.1) is 0 Å². The van der Waals surface area contributed by atoms with Crippen molar-refractivity contribution < 1.29 is 13.2 Å². The van der Waals surface area contributed by atoms with Crippen molar-refractivity contribution in [3.63, 3.8) is 0 Å². The van der Waals surface area contributed by atoms with E-state index >= 15 is 0 Å². The van der Waals surface area contributed by atoms with E-state index in [4.69, 9.17) is 5.73 Å². The fourth-order valence-electron chi connectivity index (χ4n) is 3.92. The lowest BCUT2D eigenvalue weighted by atomic mass is 9.96. The first-order chi connectivity index (χ1) is 13.3. The molecule has 0 spiro atoms. The highest BCUT2D eigenvalue weighted by atomic mass is 19.4. The molecule has 0 bridgehead atoms. The number of benzene rings is 1. The van der Waals surface area contributed by atoms with Gasteiger partial charge in [-0.25, -0.2) is 4.99 Å². The van der Waals surface area contributed by atoms with E-state index in [9.17, 15) is 13.2 Å². The number of alkyl halides is 3. The van der Waals surface area contributed by atoms with E-state index in [1.807, 2.05) is 7.05 Å². The number of nitrogens with zero attached hydrogens (tertiary/aromatic N) is 3. The number of hydrogen-bond acceptors (Lipinski definition) is 3. The van der Waals surface area contributed by atoms with Gasteiger partial charge in [-0.15, -0.1) is 0 Å². The summed E-state index contributed by atoms with van der Waals surface area (Å²) in [5, 5.41) is 3.22. The third-order valence-corrected chi connectivity index (χ3v) is 5.63. The van der Waals surface area contributed by atoms with Gasteiger partial charge in [0.15, 0.2) is 5.96 Å². The molecule has 1 aliphatic heterocycles. The summed E-state index contributed by atoms with van der Waals surface area (Å²) in [6.45, 7) is 3.48. The van der Waals surface area contributed by atoms with Gasteiger partial charge in [0, 0.05) is 37.9 Å². The highest BCUT2D eigenvalue weighted by Crippen LogP contribution is 2.33. The first-order valence-electron chi connectivity index (χ1n) is 10.0. The first kappa shape index (κ1) is 20.8. The van der Waals surface area contributed by atoms with Crippen molar-refractivity contribution >= 4 is 11.6 Å². The Labute approximate surface area is 164 Å². The lowest BCUT2D eigenvalue weighted by Gasteiger charge is -2.35. The van der Waals surface area contributed by atoms with E-state index in [0.717, 1.165) is 50.8 Å². The first-order valence-corrected chi connectivity index (χ1v) is 10.0. The third-order valence-electron chi connectivity index (χ3n) is 5.63. The molecule has 8 heteroatoms. The molecule has 0 radical (unpaired) electrons. The number of rotatable bonds is 4. The summed E-state index contributed by atoms with van der Waals surface area (Å²) < 4.78 is 39.6. The molecule has 1 aromatic rings. The Balaban J connectivity index is 1.76. The van der Waals surface area contributed by atoms with Crippen molar-refractivity contribution in [1.82, 2.24) is 10.2 Å². The summed E-state index contributed by atoms with van der Waals surface area (Å²) in [6, 6.07) is 4.26. The number of guanidine groups is 1. The van der Waals surface area contributed by atoms with Gasteiger partial charge in [-0.05, 0) is 43.7 Å². The molecule has 2 fully saturated rings. The zero-order valence-electron chi connectivity index (χ0n) is 16.4. The number of hydrogen-bond donors (Lipinski definition) is 2. The maximum Gasteiger partial charge on any atom is 0.416 e. The highest BCUT2D eigenvalue weighted by Gasteiger charge is 2.31. The fraction of sp³-hybridized carbons (Fsp3) is 0.650.